The number of rotatable bonds is 14. The molecule has 10 heteroatoms. The fourth-order valence-corrected chi connectivity index (χ4v) is 4.82. The number of hydrogen-bond acceptors (Lipinski definition) is 5. The van der Waals surface area contributed by atoms with Gasteiger partial charge in [-0.1, -0.05) is 62.4 Å². The molecule has 4 atom stereocenters. The Morgan fingerprint density at radius 2 is 1.67 bits per heavy atom. The molecule has 1 fully saturated rings. The van der Waals surface area contributed by atoms with Gasteiger partial charge < -0.3 is 26.1 Å². The number of benzene rings is 2. The summed E-state index contributed by atoms with van der Waals surface area (Å²) in [5.41, 5.74) is 1.01. The molecular formula is C32H39FN4O5. The van der Waals surface area contributed by atoms with E-state index in [2.05, 4.69) is 21.3 Å². The highest BCUT2D eigenvalue weighted by Crippen LogP contribution is 2.17. The third-order valence-electron chi connectivity index (χ3n) is 7.01. The summed E-state index contributed by atoms with van der Waals surface area (Å²) in [6, 6.07) is 11.9. The molecule has 9 nitrogen and oxygen atoms in total. The summed E-state index contributed by atoms with van der Waals surface area (Å²) < 4.78 is 14.5. The molecule has 0 aliphatic carbocycles. The number of aldehydes is 1. The van der Waals surface area contributed by atoms with Gasteiger partial charge in [-0.05, 0) is 54.9 Å². The van der Waals surface area contributed by atoms with E-state index in [9.17, 15) is 28.4 Å². The van der Waals surface area contributed by atoms with Crippen LogP contribution in [0, 0.1) is 17.7 Å². The molecule has 1 aliphatic heterocycles. The predicted octanol–water partition coefficient (Wildman–Crippen LogP) is 2.70. The number of nitrogens with one attached hydrogen (secondary N) is 4. The van der Waals surface area contributed by atoms with E-state index in [1.807, 2.05) is 44.2 Å². The van der Waals surface area contributed by atoms with Crippen molar-refractivity contribution in [2.24, 2.45) is 11.8 Å². The fourth-order valence-electron chi connectivity index (χ4n) is 4.82. The van der Waals surface area contributed by atoms with Crippen molar-refractivity contribution in [2.75, 3.05) is 6.54 Å². The molecule has 0 unspecified atom stereocenters. The van der Waals surface area contributed by atoms with Crippen molar-refractivity contribution in [1.82, 2.24) is 21.3 Å². The molecule has 1 heterocycles. The van der Waals surface area contributed by atoms with Crippen LogP contribution in [0.4, 0.5) is 4.39 Å². The Bertz CT molecular complexity index is 1270. The lowest BCUT2D eigenvalue weighted by Crippen LogP contribution is -2.56. The van der Waals surface area contributed by atoms with Gasteiger partial charge in [0.1, 0.15) is 24.2 Å². The van der Waals surface area contributed by atoms with E-state index in [1.165, 1.54) is 24.3 Å². The SMILES string of the molecule is CC(C)C[C@H](NC(=O)[C@H](Cc1ccccc1F)NC(=O)C=Cc1ccccc1)C(=O)N[C@H](C=O)C[C@@H]1CCCNC1=O. The first-order valence-electron chi connectivity index (χ1n) is 14.3. The molecule has 0 saturated carbocycles. The molecule has 0 bridgehead atoms. The Morgan fingerprint density at radius 3 is 2.33 bits per heavy atom. The van der Waals surface area contributed by atoms with E-state index >= 15 is 0 Å². The number of halogens is 1. The maximum Gasteiger partial charge on any atom is 0.244 e. The second-order valence-corrected chi connectivity index (χ2v) is 10.9. The molecule has 0 aromatic heterocycles. The van der Waals surface area contributed by atoms with E-state index < -0.39 is 47.6 Å². The van der Waals surface area contributed by atoms with Crippen molar-refractivity contribution >= 4 is 36.0 Å². The maximum atomic E-state index is 14.5. The van der Waals surface area contributed by atoms with Gasteiger partial charge in [-0.3, -0.25) is 19.2 Å². The van der Waals surface area contributed by atoms with Gasteiger partial charge in [0.15, 0.2) is 0 Å². The lowest BCUT2D eigenvalue weighted by atomic mass is 9.91. The normalized spacial score (nSPS) is 17.1. The summed E-state index contributed by atoms with van der Waals surface area (Å²) >= 11 is 0. The molecule has 2 aromatic rings. The van der Waals surface area contributed by atoms with Crippen molar-refractivity contribution in [3.63, 3.8) is 0 Å². The van der Waals surface area contributed by atoms with E-state index in [-0.39, 0.29) is 36.7 Å². The van der Waals surface area contributed by atoms with Gasteiger partial charge in [-0.15, -0.1) is 0 Å². The monoisotopic (exact) mass is 578 g/mol. The first kappa shape index (κ1) is 32.2. The zero-order chi connectivity index (χ0) is 30.5. The van der Waals surface area contributed by atoms with Gasteiger partial charge in [0.05, 0.1) is 6.04 Å². The molecule has 0 radical (unpaired) electrons. The topological polar surface area (TPSA) is 133 Å². The molecule has 42 heavy (non-hydrogen) atoms. The molecule has 3 rings (SSSR count). The third kappa shape index (κ3) is 10.2. The molecular weight excluding hydrogens is 539 g/mol. The summed E-state index contributed by atoms with van der Waals surface area (Å²) in [5, 5.41) is 10.8. The minimum atomic E-state index is -1.19. The number of carbonyl (C=O) groups excluding carboxylic acids is 5. The highest BCUT2D eigenvalue weighted by molar-refractivity contribution is 5.97. The molecule has 4 amide bonds. The van der Waals surface area contributed by atoms with E-state index in [0.717, 1.165) is 12.0 Å². The van der Waals surface area contributed by atoms with E-state index in [1.54, 1.807) is 12.1 Å². The molecule has 224 valence electrons. The summed E-state index contributed by atoms with van der Waals surface area (Å²) in [6.07, 6.45) is 5.14. The Kier molecular flexibility index (Phi) is 12.4. The van der Waals surface area contributed by atoms with Crippen LogP contribution in [0.2, 0.25) is 0 Å². The van der Waals surface area contributed by atoms with Crippen LogP contribution in [-0.4, -0.2) is 54.6 Å². The lowest BCUT2D eigenvalue weighted by molar-refractivity contribution is -0.133. The van der Waals surface area contributed by atoms with Crippen LogP contribution in [0.25, 0.3) is 6.08 Å². The molecule has 2 aromatic carbocycles. The predicted molar refractivity (Wildman–Crippen MR) is 157 cm³/mol. The molecule has 4 N–H and O–H groups in total. The molecule has 1 aliphatic rings. The second kappa shape index (κ2) is 16.2. The van der Waals surface area contributed by atoms with E-state index in [0.29, 0.717) is 19.3 Å². The third-order valence-corrected chi connectivity index (χ3v) is 7.01. The van der Waals surface area contributed by atoms with Crippen LogP contribution in [0.1, 0.15) is 50.7 Å². The average Bonchev–Trinajstić information content (AvgIpc) is 2.97. The lowest BCUT2D eigenvalue weighted by Gasteiger charge is -2.27. The van der Waals surface area contributed by atoms with Gasteiger partial charge >= 0.3 is 0 Å². The van der Waals surface area contributed by atoms with Crippen LogP contribution in [-0.2, 0) is 30.4 Å². The van der Waals surface area contributed by atoms with Gasteiger partial charge in [0, 0.05) is 25.0 Å². The maximum absolute atomic E-state index is 14.5. The van der Waals surface area contributed by atoms with Crippen LogP contribution in [0.15, 0.2) is 60.7 Å². The largest absolute Gasteiger partial charge is 0.356 e. The van der Waals surface area contributed by atoms with Gasteiger partial charge in [0.2, 0.25) is 23.6 Å². The average molecular weight is 579 g/mol. The summed E-state index contributed by atoms with van der Waals surface area (Å²) in [5.74, 6) is -2.89. The van der Waals surface area contributed by atoms with Crippen LogP contribution < -0.4 is 21.3 Å². The highest BCUT2D eigenvalue weighted by Gasteiger charge is 2.31. The summed E-state index contributed by atoms with van der Waals surface area (Å²) in [6.45, 7) is 4.34. The Hall–Kier alpha value is -4.34. The highest BCUT2D eigenvalue weighted by atomic mass is 19.1. The zero-order valence-corrected chi connectivity index (χ0v) is 24.0. The van der Waals surface area contributed by atoms with Crippen molar-refractivity contribution in [3.8, 4) is 0 Å². The quantitative estimate of drug-likeness (QED) is 0.202. The summed E-state index contributed by atoms with van der Waals surface area (Å²) in [4.78, 5) is 63.5. The first-order chi connectivity index (χ1) is 20.2. The number of hydrogen-bond donors (Lipinski definition) is 4. The van der Waals surface area contributed by atoms with Crippen LogP contribution in [0.3, 0.4) is 0 Å². The number of amides is 4. The summed E-state index contributed by atoms with van der Waals surface area (Å²) in [7, 11) is 0. The van der Waals surface area contributed by atoms with E-state index in [4.69, 9.17) is 0 Å². The Labute approximate surface area is 245 Å². The smallest absolute Gasteiger partial charge is 0.244 e. The number of piperidine rings is 1. The standard InChI is InChI=1S/C32H39FN4O5/c1-21(2)17-27(31(41)35-25(20-38)18-24-12-8-16-34-30(24)40)37-32(42)28(19-23-11-6-7-13-26(23)33)36-29(39)15-14-22-9-4-3-5-10-22/h3-7,9-11,13-15,20-21,24-25,27-28H,8,12,16-19H2,1-2H3,(H,34,40)(H,35,41)(H,36,39)(H,37,42)/t24-,25-,27-,28-/m0/s1. The minimum Gasteiger partial charge on any atom is -0.356 e. The first-order valence-corrected chi connectivity index (χ1v) is 14.3. The van der Waals surface area contributed by atoms with Gasteiger partial charge in [-0.25, -0.2) is 4.39 Å². The van der Waals surface area contributed by atoms with Crippen molar-refractivity contribution in [1.29, 1.82) is 0 Å². The van der Waals surface area contributed by atoms with Gasteiger partial charge in [-0.2, -0.15) is 0 Å². The second-order valence-electron chi connectivity index (χ2n) is 10.9. The Morgan fingerprint density at radius 1 is 0.976 bits per heavy atom. The van der Waals surface area contributed by atoms with Gasteiger partial charge in [0.25, 0.3) is 0 Å². The minimum absolute atomic E-state index is 0.00623. The van der Waals surface area contributed by atoms with Crippen LogP contribution in [0.5, 0.6) is 0 Å². The van der Waals surface area contributed by atoms with Crippen molar-refractivity contribution in [2.45, 2.75) is 64.1 Å². The number of carbonyl (C=O) groups is 5. The Balaban J connectivity index is 1.74. The zero-order valence-electron chi connectivity index (χ0n) is 24.0. The van der Waals surface area contributed by atoms with Crippen molar-refractivity contribution < 1.29 is 28.4 Å². The molecule has 0 spiro atoms. The fraction of sp³-hybridized carbons (Fsp3) is 0.406. The molecule has 1 saturated heterocycles. The van der Waals surface area contributed by atoms with Crippen molar-refractivity contribution in [3.05, 3.63) is 77.6 Å². The van der Waals surface area contributed by atoms with Crippen LogP contribution >= 0.6 is 0 Å².